The Morgan fingerprint density at radius 3 is 2.17 bits per heavy atom. The first-order chi connectivity index (χ1) is 8.15. The van der Waals surface area contributed by atoms with Gasteiger partial charge in [0.1, 0.15) is 5.78 Å². The van der Waals surface area contributed by atoms with Crippen molar-refractivity contribution < 1.29 is 19.1 Å². The molecular weight excluding hydrogens is 232 g/mol. The molecule has 0 unspecified atom stereocenters. The number of hydrogen-bond acceptors (Lipinski definition) is 4. The maximum absolute atomic E-state index is 12.0. The third-order valence-corrected chi connectivity index (χ3v) is 3.24. The summed E-state index contributed by atoms with van der Waals surface area (Å²) in [6.07, 6.45) is 2.04. The monoisotopic (exact) mass is 254 g/mol. The molecule has 18 heavy (non-hydrogen) atoms. The first kappa shape index (κ1) is 14.9. The molecule has 1 saturated heterocycles. The largest absolute Gasteiger partial charge is 0.467 e. The normalized spacial score (nSPS) is 29.1. The van der Waals surface area contributed by atoms with Crippen molar-refractivity contribution in [3.05, 3.63) is 11.6 Å². The van der Waals surface area contributed by atoms with Gasteiger partial charge in [0.15, 0.2) is 5.60 Å². The molecule has 0 aromatic heterocycles. The van der Waals surface area contributed by atoms with Gasteiger partial charge < -0.3 is 9.47 Å². The van der Waals surface area contributed by atoms with E-state index in [0.717, 1.165) is 5.57 Å². The molecule has 102 valence electrons. The van der Waals surface area contributed by atoms with Crippen LogP contribution in [0.5, 0.6) is 0 Å². The van der Waals surface area contributed by atoms with Crippen molar-refractivity contribution in [2.45, 2.75) is 52.2 Å². The maximum Gasteiger partial charge on any atom is 0.339 e. The standard InChI is InChI=1S/C14H22O4/c1-9(2)7-11-13(4,5)18-14(11,8-10(3)15)12(16)17-6/h7,11H,8H2,1-6H3/t11-,14-/m0/s1. The molecule has 1 fully saturated rings. The quantitative estimate of drug-likeness (QED) is 0.570. The summed E-state index contributed by atoms with van der Waals surface area (Å²) in [7, 11) is 1.32. The topological polar surface area (TPSA) is 52.6 Å². The summed E-state index contributed by atoms with van der Waals surface area (Å²) in [5, 5.41) is 0. The van der Waals surface area contributed by atoms with Crippen LogP contribution in [-0.2, 0) is 19.1 Å². The highest BCUT2D eigenvalue weighted by atomic mass is 16.6. The van der Waals surface area contributed by atoms with Gasteiger partial charge in [0.05, 0.1) is 12.7 Å². The Morgan fingerprint density at radius 1 is 1.28 bits per heavy atom. The van der Waals surface area contributed by atoms with Crippen LogP contribution in [0.4, 0.5) is 0 Å². The molecule has 0 aliphatic carbocycles. The van der Waals surface area contributed by atoms with Gasteiger partial charge in [-0.05, 0) is 34.6 Å². The molecule has 1 aliphatic heterocycles. The molecule has 0 amide bonds. The lowest BCUT2D eigenvalue weighted by molar-refractivity contribution is -0.289. The number of esters is 1. The summed E-state index contributed by atoms with van der Waals surface area (Å²) in [6, 6.07) is 0. The fraction of sp³-hybridized carbons (Fsp3) is 0.714. The third-order valence-electron chi connectivity index (χ3n) is 3.24. The zero-order valence-electron chi connectivity index (χ0n) is 12.0. The molecule has 0 aromatic carbocycles. The molecule has 0 radical (unpaired) electrons. The Hall–Kier alpha value is -1.16. The second-order valence-corrected chi connectivity index (χ2v) is 5.69. The molecule has 0 saturated carbocycles. The first-order valence-corrected chi connectivity index (χ1v) is 6.09. The molecule has 0 bridgehead atoms. The second kappa shape index (κ2) is 4.84. The maximum atomic E-state index is 12.0. The number of ether oxygens (including phenoxy) is 2. The number of carbonyl (C=O) groups excluding carboxylic acids is 2. The van der Waals surface area contributed by atoms with Crippen molar-refractivity contribution in [2.24, 2.45) is 5.92 Å². The summed E-state index contributed by atoms with van der Waals surface area (Å²) >= 11 is 0. The van der Waals surface area contributed by atoms with Gasteiger partial charge in [-0.2, -0.15) is 0 Å². The zero-order valence-corrected chi connectivity index (χ0v) is 12.0. The van der Waals surface area contributed by atoms with Gasteiger partial charge in [0, 0.05) is 12.3 Å². The molecule has 0 spiro atoms. The Labute approximate surface area is 108 Å². The fourth-order valence-corrected chi connectivity index (χ4v) is 2.70. The summed E-state index contributed by atoms with van der Waals surface area (Å²) in [5.74, 6) is -0.700. The Kier molecular flexibility index (Phi) is 4.01. The Balaban J connectivity index is 3.16. The fourth-order valence-electron chi connectivity index (χ4n) is 2.70. The van der Waals surface area contributed by atoms with Crippen LogP contribution in [0.3, 0.4) is 0 Å². The van der Waals surface area contributed by atoms with Crippen LogP contribution in [0.1, 0.15) is 41.0 Å². The number of hydrogen-bond donors (Lipinski definition) is 0. The predicted octanol–water partition coefficient (Wildman–Crippen LogP) is 2.27. The van der Waals surface area contributed by atoms with Crippen molar-refractivity contribution in [3.8, 4) is 0 Å². The van der Waals surface area contributed by atoms with E-state index in [9.17, 15) is 9.59 Å². The number of Topliss-reactive ketones (excluding diaryl/α,β-unsaturated/α-hetero) is 1. The SMILES string of the molecule is COC(=O)[C@@]1(CC(C)=O)OC(C)(C)[C@@H]1C=C(C)C. The van der Waals surface area contributed by atoms with Crippen molar-refractivity contribution >= 4 is 11.8 Å². The van der Waals surface area contributed by atoms with Crippen LogP contribution < -0.4 is 0 Å². The summed E-state index contributed by atoms with van der Waals surface area (Å²) in [5.41, 5.74) is -0.518. The molecule has 4 nitrogen and oxygen atoms in total. The summed E-state index contributed by atoms with van der Waals surface area (Å²) < 4.78 is 10.6. The molecule has 1 aliphatic rings. The molecule has 4 heteroatoms. The lowest BCUT2D eigenvalue weighted by Crippen LogP contribution is -2.69. The minimum atomic E-state index is -1.15. The van der Waals surface area contributed by atoms with E-state index in [1.165, 1.54) is 14.0 Å². The number of carbonyl (C=O) groups is 2. The van der Waals surface area contributed by atoms with Gasteiger partial charge in [-0.1, -0.05) is 11.6 Å². The first-order valence-electron chi connectivity index (χ1n) is 6.09. The highest BCUT2D eigenvalue weighted by Gasteiger charge is 2.64. The Morgan fingerprint density at radius 2 is 1.83 bits per heavy atom. The molecule has 1 heterocycles. The van der Waals surface area contributed by atoms with Crippen LogP contribution in [0.2, 0.25) is 0 Å². The van der Waals surface area contributed by atoms with Crippen LogP contribution in [0.15, 0.2) is 11.6 Å². The minimum absolute atomic E-state index is 0.0531. The van der Waals surface area contributed by atoms with E-state index in [0.29, 0.717) is 0 Å². The van der Waals surface area contributed by atoms with E-state index in [1.807, 2.05) is 33.8 Å². The summed E-state index contributed by atoms with van der Waals surface area (Å²) in [6.45, 7) is 9.21. The van der Waals surface area contributed by atoms with E-state index in [4.69, 9.17) is 9.47 Å². The predicted molar refractivity (Wildman–Crippen MR) is 68.1 cm³/mol. The number of methoxy groups -OCH3 is 1. The molecule has 0 N–H and O–H groups in total. The lowest BCUT2D eigenvalue weighted by Gasteiger charge is -2.57. The van der Waals surface area contributed by atoms with Crippen molar-refractivity contribution in [3.63, 3.8) is 0 Å². The van der Waals surface area contributed by atoms with Crippen LogP contribution >= 0.6 is 0 Å². The minimum Gasteiger partial charge on any atom is -0.467 e. The lowest BCUT2D eigenvalue weighted by atomic mass is 9.67. The van der Waals surface area contributed by atoms with Crippen molar-refractivity contribution in [1.82, 2.24) is 0 Å². The molecule has 2 atom stereocenters. The van der Waals surface area contributed by atoms with Gasteiger partial charge in [-0.25, -0.2) is 4.79 Å². The van der Waals surface area contributed by atoms with Crippen molar-refractivity contribution in [1.29, 1.82) is 0 Å². The molecule has 1 rings (SSSR count). The van der Waals surface area contributed by atoms with Crippen LogP contribution in [-0.4, -0.2) is 30.1 Å². The zero-order chi connectivity index (χ0) is 14.1. The van der Waals surface area contributed by atoms with Gasteiger partial charge >= 0.3 is 5.97 Å². The molecular formula is C14H22O4. The van der Waals surface area contributed by atoms with Gasteiger partial charge in [-0.15, -0.1) is 0 Å². The van der Waals surface area contributed by atoms with E-state index >= 15 is 0 Å². The number of ketones is 1. The van der Waals surface area contributed by atoms with Gasteiger partial charge in [0.2, 0.25) is 0 Å². The van der Waals surface area contributed by atoms with E-state index in [1.54, 1.807) is 0 Å². The highest BCUT2D eigenvalue weighted by Crippen LogP contribution is 2.51. The van der Waals surface area contributed by atoms with E-state index < -0.39 is 17.2 Å². The van der Waals surface area contributed by atoms with Gasteiger partial charge in [-0.3, -0.25) is 4.79 Å². The second-order valence-electron chi connectivity index (χ2n) is 5.69. The Bertz CT molecular complexity index is 391. The van der Waals surface area contributed by atoms with Crippen LogP contribution in [0.25, 0.3) is 0 Å². The van der Waals surface area contributed by atoms with Crippen LogP contribution in [0, 0.1) is 5.92 Å². The van der Waals surface area contributed by atoms with Crippen molar-refractivity contribution in [2.75, 3.05) is 7.11 Å². The number of rotatable bonds is 4. The average molecular weight is 254 g/mol. The highest BCUT2D eigenvalue weighted by molar-refractivity contribution is 5.89. The molecule has 0 aromatic rings. The average Bonchev–Trinajstić information content (AvgIpc) is 2.22. The number of allylic oxidation sites excluding steroid dienone is 1. The summed E-state index contributed by atoms with van der Waals surface area (Å²) in [4.78, 5) is 23.4. The van der Waals surface area contributed by atoms with Gasteiger partial charge in [0.25, 0.3) is 0 Å². The van der Waals surface area contributed by atoms with E-state index in [-0.39, 0.29) is 18.1 Å². The van der Waals surface area contributed by atoms with E-state index in [2.05, 4.69) is 0 Å². The third kappa shape index (κ3) is 2.48. The smallest absolute Gasteiger partial charge is 0.339 e.